The maximum Gasteiger partial charge on any atom is 0.0995 e. The number of rotatable bonds is 4. The minimum absolute atomic E-state index is 0.0449. The number of hydrogen-bond acceptors (Lipinski definition) is 2. The quantitative estimate of drug-likeness (QED) is 0.794. The highest BCUT2D eigenvalue weighted by molar-refractivity contribution is 7.20. The molecule has 0 saturated heterocycles. The monoisotopic (exact) mass is 319 g/mol. The van der Waals surface area contributed by atoms with Crippen LogP contribution in [-0.4, -0.2) is 6.54 Å². The van der Waals surface area contributed by atoms with Crippen molar-refractivity contribution in [3.63, 3.8) is 0 Å². The first-order chi connectivity index (χ1) is 8.61. The van der Waals surface area contributed by atoms with Crippen molar-refractivity contribution in [2.24, 2.45) is 0 Å². The third-order valence-electron chi connectivity index (χ3n) is 2.61. The van der Waals surface area contributed by atoms with Crippen molar-refractivity contribution < 1.29 is 0 Å². The zero-order valence-electron chi connectivity index (χ0n) is 9.71. The Hall–Kier alpha value is -0.250. The summed E-state index contributed by atoms with van der Waals surface area (Å²) in [4.78, 5) is 0. The molecule has 1 N–H and O–H groups in total. The van der Waals surface area contributed by atoms with E-state index in [1.807, 2.05) is 30.3 Å². The minimum Gasteiger partial charge on any atom is -0.306 e. The van der Waals surface area contributed by atoms with Crippen LogP contribution in [0.4, 0.5) is 0 Å². The molecule has 0 saturated carbocycles. The molecule has 2 rings (SSSR count). The molecular weight excluding hydrogens is 309 g/mol. The van der Waals surface area contributed by atoms with Crippen LogP contribution in [0.2, 0.25) is 13.7 Å². The summed E-state index contributed by atoms with van der Waals surface area (Å²) in [6.45, 7) is 2.90. The Balaban J connectivity index is 2.39. The predicted molar refractivity (Wildman–Crippen MR) is 81.3 cm³/mol. The Morgan fingerprint density at radius 3 is 2.33 bits per heavy atom. The van der Waals surface area contributed by atoms with Gasteiger partial charge in [-0.2, -0.15) is 0 Å². The van der Waals surface area contributed by atoms with E-state index in [0.717, 1.165) is 27.0 Å². The molecule has 0 aliphatic rings. The third-order valence-corrected chi connectivity index (χ3v) is 4.38. The number of hydrogen-bond donors (Lipinski definition) is 1. The number of halogens is 3. The molecule has 0 aliphatic heterocycles. The highest BCUT2D eigenvalue weighted by Gasteiger charge is 2.18. The van der Waals surface area contributed by atoms with Crippen molar-refractivity contribution in [3.05, 3.63) is 55.2 Å². The molecule has 0 bridgehead atoms. The molecule has 0 fully saturated rings. The van der Waals surface area contributed by atoms with Crippen LogP contribution in [0.1, 0.15) is 24.1 Å². The average molecular weight is 321 g/mol. The number of thiophene rings is 1. The largest absolute Gasteiger partial charge is 0.306 e. The fourth-order valence-electron chi connectivity index (χ4n) is 1.82. The van der Waals surface area contributed by atoms with Crippen LogP contribution in [0, 0.1) is 0 Å². The molecule has 0 radical (unpaired) electrons. The molecule has 2 aromatic rings. The molecule has 0 aliphatic carbocycles. The van der Waals surface area contributed by atoms with Gasteiger partial charge in [0, 0.05) is 10.6 Å². The molecule has 1 aromatic carbocycles. The van der Waals surface area contributed by atoms with Gasteiger partial charge in [0.15, 0.2) is 0 Å². The minimum atomic E-state index is 0.0449. The molecular formula is C13H12Cl3NS. The maximum absolute atomic E-state index is 6.22. The van der Waals surface area contributed by atoms with Crippen LogP contribution in [0.5, 0.6) is 0 Å². The lowest BCUT2D eigenvalue weighted by atomic mass is 10.0. The van der Waals surface area contributed by atoms with Crippen molar-refractivity contribution in [1.29, 1.82) is 0 Å². The number of benzene rings is 1. The topological polar surface area (TPSA) is 12.0 Å². The molecule has 0 spiro atoms. The van der Waals surface area contributed by atoms with Gasteiger partial charge >= 0.3 is 0 Å². The second-order valence-electron chi connectivity index (χ2n) is 3.82. The van der Waals surface area contributed by atoms with Crippen molar-refractivity contribution in [2.75, 3.05) is 6.54 Å². The first-order valence-electron chi connectivity index (χ1n) is 5.55. The van der Waals surface area contributed by atoms with E-state index in [1.165, 1.54) is 11.3 Å². The first-order valence-corrected chi connectivity index (χ1v) is 7.50. The summed E-state index contributed by atoms with van der Waals surface area (Å²) >= 11 is 19.5. The van der Waals surface area contributed by atoms with Crippen LogP contribution in [0.25, 0.3) is 0 Å². The van der Waals surface area contributed by atoms with Gasteiger partial charge in [-0.1, -0.05) is 53.9 Å². The van der Waals surface area contributed by atoms with Crippen LogP contribution in [0.15, 0.2) is 30.3 Å². The van der Waals surface area contributed by atoms with Gasteiger partial charge in [0.2, 0.25) is 0 Å². The van der Waals surface area contributed by atoms with Crippen LogP contribution in [0.3, 0.4) is 0 Å². The Kier molecular flexibility index (Phi) is 4.93. The summed E-state index contributed by atoms with van der Waals surface area (Å²) in [7, 11) is 0. The van der Waals surface area contributed by atoms with Crippen LogP contribution >= 0.6 is 46.1 Å². The van der Waals surface area contributed by atoms with Crippen molar-refractivity contribution in [3.8, 4) is 0 Å². The van der Waals surface area contributed by atoms with Crippen LogP contribution < -0.4 is 5.32 Å². The van der Waals surface area contributed by atoms with E-state index in [0.29, 0.717) is 4.34 Å². The van der Waals surface area contributed by atoms with Gasteiger partial charge < -0.3 is 5.32 Å². The standard InChI is InChI=1S/C13H12Cl3NS/c1-2-17-12(8-3-5-9(14)6-4-8)10-7-11(15)18-13(10)16/h3-7,12,17H,2H2,1H3. The van der Waals surface area contributed by atoms with E-state index >= 15 is 0 Å². The lowest BCUT2D eigenvalue weighted by Crippen LogP contribution is -2.21. The SMILES string of the molecule is CCNC(c1ccc(Cl)cc1)c1cc(Cl)sc1Cl. The highest BCUT2D eigenvalue weighted by Crippen LogP contribution is 2.37. The van der Waals surface area contributed by atoms with E-state index in [4.69, 9.17) is 34.8 Å². The fraction of sp³-hybridized carbons (Fsp3) is 0.231. The second kappa shape index (κ2) is 6.27. The van der Waals surface area contributed by atoms with Crippen molar-refractivity contribution >= 4 is 46.1 Å². The molecule has 96 valence electrons. The maximum atomic E-state index is 6.22. The van der Waals surface area contributed by atoms with Gasteiger partial charge in [-0.3, -0.25) is 0 Å². The summed E-state index contributed by atoms with van der Waals surface area (Å²) in [5.41, 5.74) is 2.13. The van der Waals surface area contributed by atoms with E-state index < -0.39 is 0 Å². The lowest BCUT2D eigenvalue weighted by Gasteiger charge is -2.18. The smallest absolute Gasteiger partial charge is 0.0995 e. The summed E-state index contributed by atoms with van der Waals surface area (Å²) in [6, 6.07) is 9.71. The summed E-state index contributed by atoms with van der Waals surface area (Å²) < 4.78 is 1.42. The van der Waals surface area contributed by atoms with Crippen LogP contribution in [-0.2, 0) is 0 Å². The van der Waals surface area contributed by atoms with Gasteiger partial charge in [-0.05, 0) is 30.3 Å². The Bertz CT molecular complexity index is 522. The van der Waals surface area contributed by atoms with Crippen molar-refractivity contribution in [1.82, 2.24) is 5.32 Å². The summed E-state index contributed by atoms with van der Waals surface area (Å²) in [6.07, 6.45) is 0. The fourth-order valence-corrected chi connectivity index (χ4v) is 3.47. The zero-order chi connectivity index (χ0) is 13.1. The Morgan fingerprint density at radius 1 is 1.17 bits per heavy atom. The Labute approximate surface area is 126 Å². The highest BCUT2D eigenvalue weighted by atomic mass is 35.5. The molecule has 1 heterocycles. The van der Waals surface area contributed by atoms with Gasteiger partial charge in [-0.15, -0.1) is 11.3 Å². The zero-order valence-corrected chi connectivity index (χ0v) is 12.8. The third kappa shape index (κ3) is 3.19. The lowest BCUT2D eigenvalue weighted by molar-refractivity contribution is 0.632. The summed E-state index contributed by atoms with van der Waals surface area (Å²) in [5.74, 6) is 0. The van der Waals surface area contributed by atoms with Gasteiger partial charge in [0.1, 0.15) is 0 Å². The first kappa shape index (κ1) is 14.2. The molecule has 1 aromatic heterocycles. The average Bonchev–Trinajstić information content (AvgIpc) is 2.67. The Morgan fingerprint density at radius 2 is 1.83 bits per heavy atom. The van der Waals surface area contributed by atoms with E-state index in [-0.39, 0.29) is 6.04 Å². The molecule has 18 heavy (non-hydrogen) atoms. The number of nitrogens with one attached hydrogen (secondary N) is 1. The summed E-state index contributed by atoms with van der Waals surface area (Å²) in [5, 5.41) is 4.13. The second-order valence-corrected chi connectivity index (χ2v) is 6.54. The van der Waals surface area contributed by atoms with Gasteiger partial charge in [0.05, 0.1) is 14.7 Å². The molecule has 1 nitrogen and oxygen atoms in total. The molecule has 0 amide bonds. The normalized spacial score (nSPS) is 12.7. The van der Waals surface area contributed by atoms with Gasteiger partial charge in [-0.25, -0.2) is 0 Å². The van der Waals surface area contributed by atoms with Gasteiger partial charge in [0.25, 0.3) is 0 Å². The molecule has 1 unspecified atom stereocenters. The van der Waals surface area contributed by atoms with E-state index in [1.54, 1.807) is 0 Å². The molecule has 5 heteroatoms. The van der Waals surface area contributed by atoms with E-state index in [9.17, 15) is 0 Å². The van der Waals surface area contributed by atoms with Crippen molar-refractivity contribution in [2.45, 2.75) is 13.0 Å². The predicted octanol–water partition coefficient (Wildman–Crippen LogP) is 5.41. The van der Waals surface area contributed by atoms with E-state index in [2.05, 4.69) is 12.2 Å². The molecule has 1 atom stereocenters.